The van der Waals surface area contributed by atoms with E-state index in [0.717, 1.165) is 4.90 Å². The first-order valence-corrected chi connectivity index (χ1v) is 4.61. The summed E-state index contributed by atoms with van der Waals surface area (Å²) < 4.78 is 5.11. The van der Waals surface area contributed by atoms with Crippen LogP contribution in [-0.4, -0.2) is 66.4 Å². The van der Waals surface area contributed by atoms with Gasteiger partial charge in [-0.05, 0) is 0 Å². The van der Waals surface area contributed by atoms with Crippen molar-refractivity contribution in [2.75, 3.05) is 33.4 Å². The van der Waals surface area contributed by atoms with Gasteiger partial charge < -0.3 is 15.6 Å². The maximum atomic E-state index is 11.2. The highest BCUT2D eigenvalue weighted by molar-refractivity contribution is 5.83. The molecule has 1 heterocycles. The highest BCUT2D eigenvalue weighted by Crippen LogP contribution is 2.07. The lowest BCUT2D eigenvalue weighted by Crippen LogP contribution is -2.58. The van der Waals surface area contributed by atoms with Crippen LogP contribution < -0.4 is 5.73 Å². The van der Waals surface area contributed by atoms with E-state index in [4.69, 9.17) is 15.6 Å². The number of hydrogen-bond acceptors (Lipinski definition) is 4. The van der Waals surface area contributed by atoms with Gasteiger partial charge in [0.25, 0.3) is 5.91 Å². The molecule has 0 aromatic heterocycles. The molecular formula is C8H15N3O4. The molecule has 3 N–H and O–H groups in total. The molecule has 1 aliphatic heterocycles. The van der Waals surface area contributed by atoms with Crippen LogP contribution in [0.25, 0.3) is 0 Å². The monoisotopic (exact) mass is 217 g/mol. The second-order valence-corrected chi connectivity index (χ2v) is 3.32. The molecule has 1 atom stereocenters. The van der Waals surface area contributed by atoms with E-state index in [1.54, 1.807) is 4.90 Å². The maximum absolute atomic E-state index is 11.2. The summed E-state index contributed by atoms with van der Waals surface area (Å²) in [7, 11) is 1.33. The van der Waals surface area contributed by atoms with Crippen molar-refractivity contribution >= 4 is 12.0 Å². The minimum atomic E-state index is -1.18. The number of amides is 2. The molecule has 15 heavy (non-hydrogen) atoms. The third kappa shape index (κ3) is 2.80. The van der Waals surface area contributed by atoms with Gasteiger partial charge in [0.15, 0.2) is 6.17 Å². The van der Waals surface area contributed by atoms with Gasteiger partial charge in [-0.2, -0.15) is 0 Å². The number of primary amides is 1. The third-order valence-corrected chi connectivity index (χ3v) is 2.31. The molecule has 0 bridgehead atoms. The summed E-state index contributed by atoms with van der Waals surface area (Å²) >= 11 is 0. The number of carbonyl (C=O) groups excluding carboxylic acids is 1. The zero-order chi connectivity index (χ0) is 11.4. The zero-order valence-corrected chi connectivity index (χ0v) is 8.55. The van der Waals surface area contributed by atoms with Crippen LogP contribution in [0, 0.1) is 0 Å². The number of nitrogens with zero attached hydrogens (tertiary/aromatic N) is 2. The Morgan fingerprint density at radius 3 is 2.40 bits per heavy atom. The van der Waals surface area contributed by atoms with Gasteiger partial charge in [0.2, 0.25) is 0 Å². The van der Waals surface area contributed by atoms with Crippen LogP contribution >= 0.6 is 0 Å². The average Bonchev–Trinajstić information content (AvgIpc) is 2.18. The normalized spacial score (nSPS) is 19.5. The van der Waals surface area contributed by atoms with Gasteiger partial charge in [0, 0.05) is 20.1 Å². The van der Waals surface area contributed by atoms with Crippen molar-refractivity contribution in [2.24, 2.45) is 5.73 Å². The predicted octanol–water partition coefficient (Wildman–Crippen LogP) is -1.26. The summed E-state index contributed by atoms with van der Waals surface area (Å²) in [5.74, 6) is -0.665. The van der Waals surface area contributed by atoms with Gasteiger partial charge in [-0.15, -0.1) is 0 Å². The van der Waals surface area contributed by atoms with E-state index in [1.165, 1.54) is 7.05 Å². The lowest BCUT2D eigenvalue weighted by Gasteiger charge is -2.36. The number of likely N-dealkylation sites (N-methyl/N-ethyl adjacent to an activating group) is 1. The highest BCUT2D eigenvalue weighted by Gasteiger charge is 2.31. The zero-order valence-electron chi connectivity index (χ0n) is 8.55. The number of carbonyl (C=O) groups is 2. The Morgan fingerprint density at radius 1 is 1.47 bits per heavy atom. The quantitative estimate of drug-likeness (QED) is 0.615. The van der Waals surface area contributed by atoms with Gasteiger partial charge in [-0.25, -0.2) is 4.79 Å². The number of carboxylic acid groups (broad SMARTS) is 1. The molecule has 0 aromatic carbocycles. The van der Waals surface area contributed by atoms with Crippen molar-refractivity contribution in [3.63, 3.8) is 0 Å². The molecule has 0 saturated carbocycles. The van der Waals surface area contributed by atoms with E-state index in [2.05, 4.69) is 0 Å². The van der Waals surface area contributed by atoms with Crippen LogP contribution in [0.3, 0.4) is 0 Å². The van der Waals surface area contributed by atoms with E-state index < -0.39 is 18.2 Å². The van der Waals surface area contributed by atoms with E-state index in [-0.39, 0.29) is 0 Å². The van der Waals surface area contributed by atoms with Crippen LogP contribution in [0.15, 0.2) is 0 Å². The van der Waals surface area contributed by atoms with Gasteiger partial charge in [0.1, 0.15) is 0 Å². The van der Waals surface area contributed by atoms with Crippen LogP contribution in [0.2, 0.25) is 0 Å². The Hall–Kier alpha value is -1.34. The summed E-state index contributed by atoms with van der Waals surface area (Å²) in [6, 6.07) is 0. The van der Waals surface area contributed by atoms with Crippen molar-refractivity contribution in [3.05, 3.63) is 0 Å². The van der Waals surface area contributed by atoms with E-state index in [1.807, 2.05) is 0 Å². The minimum absolute atomic E-state index is 0.483. The Bertz CT molecular complexity index is 252. The molecule has 0 aliphatic carbocycles. The Kier molecular flexibility index (Phi) is 3.87. The molecule has 2 amide bonds. The average molecular weight is 217 g/mol. The third-order valence-electron chi connectivity index (χ3n) is 2.31. The largest absolute Gasteiger partial charge is 0.465 e. The van der Waals surface area contributed by atoms with E-state index in [9.17, 15) is 9.59 Å². The first-order valence-electron chi connectivity index (χ1n) is 4.61. The lowest BCUT2D eigenvalue weighted by atomic mass is 10.3. The first-order chi connectivity index (χ1) is 7.04. The van der Waals surface area contributed by atoms with Crippen molar-refractivity contribution in [3.8, 4) is 0 Å². The van der Waals surface area contributed by atoms with Crippen LogP contribution in [-0.2, 0) is 9.53 Å². The SMILES string of the molecule is CN(C(=O)O)C(C(N)=O)N1CCOCC1. The predicted molar refractivity (Wildman–Crippen MR) is 51.2 cm³/mol. The van der Waals surface area contributed by atoms with Gasteiger partial charge >= 0.3 is 6.09 Å². The fourth-order valence-electron chi connectivity index (χ4n) is 1.54. The van der Waals surface area contributed by atoms with Gasteiger partial charge in [-0.1, -0.05) is 0 Å². The Balaban J connectivity index is 2.71. The smallest absolute Gasteiger partial charge is 0.408 e. The second-order valence-electron chi connectivity index (χ2n) is 3.32. The standard InChI is InChI=1S/C8H15N3O4/c1-10(8(13)14)7(6(9)12)11-2-4-15-5-3-11/h7H,2-5H2,1H3,(H2,9,12)(H,13,14). The molecular weight excluding hydrogens is 202 g/mol. The summed E-state index contributed by atoms with van der Waals surface area (Å²) in [6.45, 7) is 1.98. The lowest BCUT2D eigenvalue weighted by molar-refractivity contribution is -0.131. The molecule has 1 unspecified atom stereocenters. The molecule has 1 aliphatic rings. The van der Waals surface area contributed by atoms with Crippen LogP contribution in [0.4, 0.5) is 4.79 Å². The van der Waals surface area contributed by atoms with Crippen molar-refractivity contribution < 1.29 is 19.4 Å². The minimum Gasteiger partial charge on any atom is -0.465 e. The molecule has 7 heteroatoms. The molecule has 1 rings (SSSR count). The molecule has 7 nitrogen and oxygen atoms in total. The first kappa shape index (κ1) is 11.7. The number of nitrogens with two attached hydrogens (primary N) is 1. The molecule has 1 fully saturated rings. The van der Waals surface area contributed by atoms with Crippen LogP contribution in [0.5, 0.6) is 0 Å². The maximum Gasteiger partial charge on any atom is 0.408 e. The van der Waals surface area contributed by atoms with Gasteiger partial charge in [0.05, 0.1) is 13.2 Å². The van der Waals surface area contributed by atoms with Crippen LogP contribution in [0.1, 0.15) is 0 Å². The van der Waals surface area contributed by atoms with Gasteiger partial charge in [-0.3, -0.25) is 14.6 Å². The highest BCUT2D eigenvalue weighted by atomic mass is 16.5. The summed E-state index contributed by atoms with van der Waals surface area (Å²) in [6.07, 6.45) is -2.09. The molecule has 0 spiro atoms. The molecule has 86 valence electrons. The molecule has 0 aromatic rings. The number of hydrogen-bond donors (Lipinski definition) is 2. The number of rotatable bonds is 3. The number of morpholine rings is 1. The van der Waals surface area contributed by atoms with E-state index >= 15 is 0 Å². The fraction of sp³-hybridized carbons (Fsp3) is 0.750. The van der Waals surface area contributed by atoms with Crippen molar-refractivity contribution in [1.82, 2.24) is 9.80 Å². The fourth-order valence-corrected chi connectivity index (χ4v) is 1.54. The Morgan fingerprint density at radius 2 is 2.00 bits per heavy atom. The number of ether oxygens (including phenoxy) is 1. The summed E-state index contributed by atoms with van der Waals surface area (Å²) in [4.78, 5) is 24.5. The summed E-state index contributed by atoms with van der Waals surface area (Å²) in [5.41, 5.74) is 5.18. The van der Waals surface area contributed by atoms with E-state index in [0.29, 0.717) is 26.3 Å². The summed E-state index contributed by atoms with van der Waals surface area (Å²) in [5, 5.41) is 8.79. The van der Waals surface area contributed by atoms with Crippen molar-refractivity contribution in [2.45, 2.75) is 6.17 Å². The molecule has 0 radical (unpaired) electrons. The second kappa shape index (κ2) is 4.94. The Labute approximate surface area is 87.4 Å². The van der Waals surface area contributed by atoms with Crippen molar-refractivity contribution in [1.29, 1.82) is 0 Å². The topological polar surface area (TPSA) is 96.1 Å². The molecule has 1 saturated heterocycles.